The molecule has 3 rings (SSSR count). The Bertz CT molecular complexity index is 872. The minimum absolute atomic E-state index is 0.228. The number of halogens is 4. The van der Waals surface area contributed by atoms with Gasteiger partial charge in [-0.15, -0.1) is 0 Å². The number of benzene rings is 3. The van der Waals surface area contributed by atoms with E-state index in [-0.39, 0.29) is 16.9 Å². The van der Waals surface area contributed by atoms with Crippen LogP contribution < -0.4 is 0 Å². The van der Waals surface area contributed by atoms with Crippen molar-refractivity contribution in [3.05, 3.63) is 90.8 Å². The summed E-state index contributed by atoms with van der Waals surface area (Å²) < 4.78 is 1.35. The molecule has 3 aromatic rings. The van der Waals surface area contributed by atoms with Gasteiger partial charge in [0.2, 0.25) is 0 Å². The Morgan fingerprint density at radius 3 is 1.41 bits per heavy atom. The maximum atomic E-state index is 9.57. The lowest BCUT2D eigenvalue weighted by Gasteiger charge is -2.27. The highest BCUT2D eigenvalue weighted by atomic mass is 79.9. The first-order valence-electron chi connectivity index (χ1n) is 8.00. The summed E-state index contributed by atoms with van der Waals surface area (Å²) in [4.78, 5) is 0. The predicted octanol–water partition coefficient (Wildman–Crippen LogP) is 7.94. The van der Waals surface area contributed by atoms with E-state index in [0.717, 1.165) is 11.1 Å². The Hall–Kier alpha value is -1.20. The van der Waals surface area contributed by atoms with E-state index in [0.29, 0.717) is 19.0 Å². The zero-order chi connectivity index (χ0) is 20.2. The van der Waals surface area contributed by atoms with Crippen molar-refractivity contribution in [1.82, 2.24) is 0 Å². The van der Waals surface area contributed by atoms with Crippen molar-refractivity contribution in [2.24, 2.45) is 0 Å². The number of phenols is 2. The van der Waals surface area contributed by atoms with Crippen LogP contribution in [0.1, 0.15) is 25.0 Å². The standard InChI is InChI=1S/C15H14Br2O2.C6H4Cl2/c1-15(2,9-3-5-13(18)11(16)7-9)10-4-6-14(19)12(17)8-10;7-5-2-1-3-6(8)4-5/h3-8,18-19H,1-2H3;1-4H. The van der Waals surface area contributed by atoms with Crippen LogP contribution in [0.4, 0.5) is 0 Å². The molecule has 0 saturated carbocycles. The van der Waals surface area contributed by atoms with Gasteiger partial charge in [-0.2, -0.15) is 0 Å². The molecular weight excluding hydrogens is 515 g/mol. The summed E-state index contributed by atoms with van der Waals surface area (Å²) in [5.74, 6) is 0.456. The van der Waals surface area contributed by atoms with E-state index in [4.69, 9.17) is 23.2 Å². The van der Waals surface area contributed by atoms with Crippen LogP contribution in [0.3, 0.4) is 0 Å². The molecule has 2 N–H and O–H groups in total. The van der Waals surface area contributed by atoms with Crippen molar-refractivity contribution in [2.75, 3.05) is 0 Å². The number of phenolic OH excluding ortho intramolecular Hbond substituents is 2. The molecule has 0 atom stereocenters. The van der Waals surface area contributed by atoms with Crippen molar-refractivity contribution < 1.29 is 10.2 Å². The first kappa shape index (κ1) is 22.1. The Kier molecular flexibility index (Phi) is 7.64. The van der Waals surface area contributed by atoms with Crippen molar-refractivity contribution in [2.45, 2.75) is 19.3 Å². The van der Waals surface area contributed by atoms with E-state index in [1.165, 1.54) is 0 Å². The largest absolute Gasteiger partial charge is 0.507 e. The summed E-state index contributed by atoms with van der Waals surface area (Å²) in [5.41, 5.74) is 1.93. The minimum Gasteiger partial charge on any atom is -0.507 e. The lowest BCUT2D eigenvalue weighted by Crippen LogP contribution is -2.18. The molecule has 0 aromatic heterocycles. The summed E-state index contributed by atoms with van der Waals surface area (Å²) in [6.07, 6.45) is 0. The monoisotopic (exact) mass is 530 g/mol. The van der Waals surface area contributed by atoms with Gasteiger partial charge in [0.05, 0.1) is 8.95 Å². The van der Waals surface area contributed by atoms with Gasteiger partial charge < -0.3 is 10.2 Å². The van der Waals surface area contributed by atoms with Gasteiger partial charge in [0, 0.05) is 15.5 Å². The van der Waals surface area contributed by atoms with Gasteiger partial charge in [-0.1, -0.05) is 55.2 Å². The lowest BCUT2D eigenvalue weighted by atomic mass is 9.78. The van der Waals surface area contributed by atoms with Gasteiger partial charge >= 0.3 is 0 Å². The summed E-state index contributed by atoms with van der Waals surface area (Å²) in [6, 6.07) is 18.1. The molecule has 0 amide bonds. The van der Waals surface area contributed by atoms with Crippen LogP contribution in [0.25, 0.3) is 0 Å². The van der Waals surface area contributed by atoms with Crippen molar-refractivity contribution >= 4 is 55.1 Å². The first-order valence-corrected chi connectivity index (χ1v) is 10.3. The summed E-state index contributed by atoms with van der Waals surface area (Å²) >= 11 is 17.8. The molecule has 0 saturated heterocycles. The van der Waals surface area contributed by atoms with Crippen LogP contribution >= 0.6 is 55.1 Å². The predicted molar refractivity (Wildman–Crippen MR) is 120 cm³/mol. The van der Waals surface area contributed by atoms with Gasteiger partial charge in [0.25, 0.3) is 0 Å². The fourth-order valence-corrected chi connectivity index (χ4v) is 3.61. The van der Waals surface area contributed by atoms with Crippen LogP contribution in [0.5, 0.6) is 11.5 Å². The van der Waals surface area contributed by atoms with E-state index < -0.39 is 0 Å². The Morgan fingerprint density at radius 2 is 1.11 bits per heavy atom. The molecule has 142 valence electrons. The van der Waals surface area contributed by atoms with E-state index in [1.807, 2.05) is 30.3 Å². The zero-order valence-electron chi connectivity index (χ0n) is 14.7. The molecule has 0 bridgehead atoms. The second-order valence-electron chi connectivity index (χ2n) is 6.40. The third-order valence-electron chi connectivity index (χ3n) is 4.13. The SMILES string of the molecule is CC(C)(c1ccc(O)c(Br)c1)c1ccc(O)c(Br)c1.Clc1cccc(Cl)c1. The van der Waals surface area contributed by atoms with E-state index >= 15 is 0 Å². The van der Waals surface area contributed by atoms with Gasteiger partial charge in [0.1, 0.15) is 11.5 Å². The van der Waals surface area contributed by atoms with Crippen LogP contribution in [0, 0.1) is 0 Å². The van der Waals surface area contributed by atoms with Gasteiger partial charge in [-0.25, -0.2) is 0 Å². The molecule has 0 radical (unpaired) electrons. The Balaban J connectivity index is 0.000000273. The van der Waals surface area contributed by atoms with Crippen molar-refractivity contribution in [1.29, 1.82) is 0 Å². The lowest BCUT2D eigenvalue weighted by molar-refractivity contribution is 0.470. The normalized spacial score (nSPS) is 10.9. The van der Waals surface area contributed by atoms with Crippen LogP contribution in [0.2, 0.25) is 10.0 Å². The van der Waals surface area contributed by atoms with Gasteiger partial charge in [-0.3, -0.25) is 0 Å². The molecule has 2 nitrogen and oxygen atoms in total. The zero-order valence-corrected chi connectivity index (χ0v) is 19.4. The smallest absolute Gasteiger partial charge is 0.129 e. The second-order valence-corrected chi connectivity index (χ2v) is 8.98. The number of hydrogen-bond acceptors (Lipinski definition) is 2. The molecule has 0 heterocycles. The van der Waals surface area contributed by atoms with E-state index in [1.54, 1.807) is 30.3 Å². The highest BCUT2D eigenvalue weighted by Gasteiger charge is 2.24. The molecule has 3 aromatic carbocycles. The molecule has 27 heavy (non-hydrogen) atoms. The molecular formula is C21H18Br2Cl2O2. The molecule has 0 aliphatic heterocycles. The third kappa shape index (κ3) is 5.89. The fourth-order valence-electron chi connectivity index (χ4n) is 2.42. The minimum atomic E-state index is -0.230. The maximum absolute atomic E-state index is 9.57. The van der Waals surface area contributed by atoms with Crippen LogP contribution in [-0.4, -0.2) is 10.2 Å². The van der Waals surface area contributed by atoms with Gasteiger partial charge in [0.15, 0.2) is 0 Å². The van der Waals surface area contributed by atoms with Gasteiger partial charge in [-0.05, 0) is 85.5 Å². The average molecular weight is 533 g/mol. The highest BCUT2D eigenvalue weighted by molar-refractivity contribution is 9.10. The average Bonchev–Trinajstić information content (AvgIpc) is 2.60. The summed E-state index contributed by atoms with van der Waals surface area (Å²) in [7, 11) is 0. The van der Waals surface area contributed by atoms with E-state index in [9.17, 15) is 10.2 Å². The number of aromatic hydroxyl groups is 2. The van der Waals surface area contributed by atoms with Crippen LogP contribution in [-0.2, 0) is 5.41 Å². The highest BCUT2D eigenvalue weighted by Crippen LogP contribution is 2.37. The Morgan fingerprint density at radius 1 is 0.704 bits per heavy atom. The third-order valence-corrected chi connectivity index (χ3v) is 5.87. The fraction of sp³-hybridized carbons (Fsp3) is 0.143. The molecule has 6 heteroatoms. The second kappa shape index (κ2) is 9.33. The number of rotatable bonds is 2. The number of hydrogen-bond donors (Lipinski definition) is 2. The first-order chi connectivity index (χ1) is 12.6. The molecule has 0 aliphatic rings. The van der Waals surface area contributed by atoms with Crippen molar-refractivity contribution in [3.8, 4) is 11.5 Å². The van der Waals surface area contributed by atoms with Crippen LogP contribution in [0.15, 0.2) is 69.6 Å². The molecule has 0 fully saturated rings. The summed E-state index contributed by atoms with van der Waals surface area (Å²) in [5, 5.41) is 20.5. The van der Waals surface area contributed by atoms with E-state index in [2.05, 4.69) is 45.7 Å². The summed E-state index contributed by atoms with van der Waals surface area (Å²) in [6.45, 7) is 4.20. The molecule has 0 unspecified atom stereocenters. The van der Waals surface area contributed by atoms with Crippen molar-refractivity contribution in [3.63, 3.8) is 0 Å². The topological polar surface area (TPSA) is 40.5 Å². The molecule has 0 spiro atoms. The maximum Gasteiger partial charge on any atom is 0.129 e. The Labute approximate surface area is 186 Å². The molecule has 0 aliphatic carbocycles. The quantitative estimate of drug-likeness (QED) is 0.351.